The van der Waals surface area contributed by atoms with E-state index in [-0.39, 0.29) is 15.3 Å². The maximum Gasteiger partial charge on any atom is 0.126 e. The third-order valence-electron chi connectivity index (χ3n) is 28.3. The summed E-state index contributed by atoms with van der Waals surface area (Å²) in [6.07, 6.45) is 14.4. The van der Waals surface area contributed by atoms with Gasteiger partial charge in [0.25, 0.3) is 0 Å². The first kappa shape index (κ1) is 101. The standard InChI is InChI=1S/C72H52N2.C30H23N.C26H35OP.C12H8Br2.CH4/c1-7-19-53(20-8-1)57-31-41-65(42-32-57)73(71-49-39-63(55-23-11-3-12-24-55)51-69(71)61-27-15-5-16-28-61)67-45-35-59(36-46-67)60-37-47-68(48-38-60)74(66-43-33-58(34-44-66)54-21-9-2-10-22-54)72-50-40-64(56-25-13-4-14-26-56)52-70(72)62-29-17-6-18-30-62;1-4-10-23(11-5-1)25-16-19-28(20-17-25)31-30-21-18-27(24-12-6-2-7-13-24)22-29(30)26-14-8-3-9-15-26;1-20-12-11-18-24(27-2)26(20)23-17-9-10-19-25(23)28(21-13-5-3-6-14-21)22-15-7-4-8-16-22;13-11-5-1-9(2-6-11)10-3-7-12(14)8-4-10;/h1-52H;1-22,31H;9-12,17-19,21-22H,3-8,13-16H2,1-2H3;1-8H;1H4. The van der Waals surface area contributed by atoms with Gasteiger partial charge in [0, 0.05) is 65.3 Å². The topological polar surface area (TPSA) is 27.7 Å². The van der Waals surface area contributed by atoms with E-state index in [0.717, 1.165) is 105 Å². The number of ether oxygens (including phenoxy) is 1. The molecular weight excluding hydrogens is 1940 g/mol. The molecule has 2 saturated carbocycles. The average molecular weight is 2070 g/mol. The monoisotopic (exact) mass is 2060 g/mol. The van der Waals surface area contributed by atoms with Crippen LogP contribution in [0.4, 0.5) is 45.5 Å². The SMILES string of the molecule is Brc1ccc(-c2ccc(Br)cc2)cc1.C.COc1cccc(C)c1-c1ccccc1P(C1CCCCC1)C1CCCCC1.c1ccc(-c2ccc(N(c3ccc(-c4ccc(N(c5ccc(-c6ccccc6)cc5)c5ccc(-c6ccccc6)cc5-c5ccccc5)cc4)cc3)c3ccc(-c4ccccc4)cc3-c3ccccc3)cc2)cc1.c1ccc(-c2ccc(Nc3ccc(-c4ccccc4)cc3-c3ccccc3)cc2)cc1. The fourth-order valence-electron chi connectivity index (χ4n) is 20.7. The molecule has 0 amide bonds. The predicted octanol–water partition coefficient (Wildman–Crippen LogP) is 41.7. The Labute approximate surface area is 893 Å². The lowest BCUT2D eigenvalue weighted by molar-refractivity contribution is 0.416. The third kappa shape index (κ3) is 24.8. The largest absolute Gasteiger partial charge is 0.496 e. The number of hydrogen-bond acceptors (Lipinski definition) is 4. The summed E-state index contributed by atoms with van der Waals surface area (Å²) in [4.78, 5) is 4.79. The van der Waals surface area contributed by atoms with Crippen LogP contribution >= 0.6 is 39.8 Å². The maximum absolute atomic E-state index is 5.81. The van der Waals surface area contributed by atoms with Crippen LogP contribution in [0.5, 0.6) is 5.75 Å². The number of rotatable bonds is 24. The van der Waals surface area contributed by atoms with Crippen LogP contribution in [-0.4, -0.2) is 18.4 Å². The van der Waals surface area contributed by atoms with E-state index >= 15 is 0 Å². The third-order valence-corrected chi connectivity index (χ3v) is 32.9. The van der Waals surface area contributed by atoms with Crippen LogP contribution in [0.25, 0.3) is 134 Å². The molecule has 0 aromatic heterocycles. The normalized spacial score (nSPS) is 12.3. The van der Waals surface area contributed by atoms with Gasteiger partial charge in [-0.25, -0.2) is 0 Å². The van der Waals surface area contributed by atoms with Gasteiger partial charge in [-0.2, -0.15) is 0 Å². The number of nitrogens with zero attached hydrogens (tertiary/aromatic N) is 2. The second kappa shape index (κ2) is 49.9. The molecule has 21 aromatic carbocycles. The summed E-state index contributed by atoms with van der Waals surface area (Å²) in [6, 6.07) is 193. The molecule has 2 aliphatic carbocycles. The highest BCUT2D eigenvalue weighted by atomic mass is 79.9. The zero-order valence-electron chi connectivity index (χ0n) is 83.1. The molecule has 0 spiro atoms. The lowest BCUT2D eigenvalue weighted by Crippen LogP contribution is -2.27. The molecule has 1 N–H and O–H groups in total. The minimum Gasteiger partial charge on any atom is -0.496 e. The number of methoxy groups -OCH3 is 1. The van der Waals surface area contributed by atoms with Gasteiger partial charge in [0.05, 0.1) is 18.5 Å². The van der Waals surface area contributed by atoms with Crippen molar-refractivity contribution in [1.29, 1.82) is 0 Å². The zero-order chi connectivity index (χ0) is 99.7. The van der Waals surface area contributed by atoms with Crippen molar-refractivity contribution in [3.63, 3.8) is 0 Å². The summed E-state index contributed by atoms with van der Waals surface area (Å²) in [5.74, 6) is 1.02. The summed E-state index contributed by atoms with van der Waals surface area (Å²) in [7, 11) is 1.69. The van der Waals surface area contributed by atoms with E-state index in [1.165, 1.54) is 170 Å². The molecule has 7 heteroatoms. The maximum atomic E-state index is 5.81. The van der Waals surface area contributed by atoms with E-state index in [0.29, 0.717) is 0 Å². The highest BCUT2D eigenvalue weighted by Crippen LogP contribution is 2.58. The summed E-state index contributed by atoms with van der Waals surface area (Å²) >= 11 is 6.84. The predicted molar refractivity (Wildman–Crippen MR) is 644 cm³/mol. The Morgan fingerprint density at radius 2 is 0.493 bits per heavy atom. The van der Waals surface area contributed by atoms with Gasteiger partial charge in [-0.15, -0.1) is 0 Å². The molecule has 21 aromatic rings. The Balaban J connectivity index is 0.000000151. The van der Waals surface area contributed by atoms with E-state index in [1.807, 2.05) is 13.2 Å². The molecule has 0 radical (unpaired) electrons. The molecule has 2 fully saturated rings. The minimum absolute atomic E-state index is 0. The van der Waals surface area contributed by atoms with Crippen molar-refractivity contribution in [3.05, 3.63) is 554 Å². The molecule has 148 heavy (non-hydrogen) atoms. The van der Waals surface area contributed by atoms with Crippen LogP contribution in [0, 0.1) is 6.92 Å². The summed E-state index contributed by atoms with van der Waals surface area (Å²) in [6.45, 7) is 2.23. The van der Waals surface area contributed by atoms with Crippen molar-refractivity contribution in [3.8, 4) is 139 Å². The molecule has 726 valence electrons. The van der Waals surface area contributed by atoms with E-state index in [2.05, 4.69) is 588 Å². The molecule has 0 aliphatic heterocycles. The number of anilines is 8. The van der Waals surface area contributed by atoms with Crippen molar-refractivity contribution in [1.82, 2.24) is 0 Å². The molecular formula is C141H122Br2N3OP. The average Bonchev–Trinajstić information content (AvgIpc) is 0.767. The van der Waals surface area contributed by atoms with Crippen LogP contribution in [0.1, 0.15) is 77.2 Å². The summed E-state index contributed by atoms with van der Waals surface area (Å²) in [5, 5.41) is 5.28. The van der Waals surface area contributed by atoms with E-state index in [9.17, 15) is 0 Å². The van der Waals surface area contributed by atoms with Crippen molar-refractivity contribution in [2.45, 2.75) is 89.9 Å². The van der Waals surface area contributed by atoms with Crippen molar-refractivity contribution in [2.75, 3.05) is 22.2 Å². The van der Waals surface area contributed by atoms with Gasteiger partial charge in [-0.1, -0.05) is 498 Å². The quantitative estimate of drug-likeness (QED) is 0.0610. The van der Waals surface area contributed by atoms with Crippen LogP contribution in [0.15, 0.2) is 549 Å². The molecule has 0 heterocycles. The number of nitrogens with one attached hydrogen (secondary N) is 1. The van der Waals surface area contributed by atoms with Gasteiger partial charge >= 0.3 is 0 Å². The number of aryl methyl sites for hydroxylation is 1. The summed E-state index contributed by atoms with van der Waals surface area (Å²) < 4.78 is 8.03. The van der Waals surface area contributed by atoms with Crippen LogP contribution in [0.3, 0.4) is 0 Å². The number of hydrogen-bond donors (Lipinski definition) is 1. The van der Waals surface area contributed by atoms with E-state index < -0.39 is 0 Å². The second-order valence-electron chi connectivity index (χ2n) is 37.8. The van der Waals surface area contributed by atoms with Gasteiger partial charge in [-0.05, 0) is 293 Å². The number of halogens is 2. The second-order valence-corrected chi connectivity index (χ2v) is 42.3. The van der Waals surface area contributed by atoms with E-state index in [1.54, 1.807) is 5.30 Å². The summed E-state index contributed by atoms with van der Waals surface area (Å²) in [5.41, 5.74) is 40.7. The highest BCUT2D eigenvalue weighted by molar-refractivity contribution is 9.10. The van der Waals surface area contributed by atoms with Crippen molar-refractivity contribution in [2.24, 2.45) is 0 Å². The molecule has 0 atom stereocenters. The molecule has 4 nitrogen and oxygen atoms in total. The molecule has 0 saturated heterocycles. The number of benzene rings is 21. The lowest BCUT2D eigenvalue weighted by atomic mass is 9.95. The Bertz CT molecular complexity index is 7460. The van der Waals surface area contributed by atoms with Crippen LogP contribution in [0.2, 0.25) is 0 Å². The van der Waals surface area contributed by atoms with Gasteiger partial charge in [0.1, 0.15) is 5.75 Å². The Morgan fingerprint density at radius 3 is 0.818 bits per heavy atom. The first-order chi connectivity index (χ1) is 72.6. The molecule has 2 aliphatic rings. The van der Waals surface area contributed by atoms with Crippen LogP contribution in [-0.2, 0) is 0 Å². The Kier molecular flexibility index (Phi) is 34.0. The molecule has 23 rings (SSSR count). The van der Waals surface area contributed by atoms with Gasteiger partial charge < -0.3 is 19.9 Å². The van der Waals surface area contributed by atoms with Gasteiger partial charge in [-0.3, -0.25) is 0 Å². The molecule has 0 bridgehead atoms. The van der Waals surface area contributed by atoms with Crippen molar-refractivity contribution < 1.29 is 4.74 Å². The smallest absolute Gasteiger partial charge is 0.126 e. The fraction of sp³-hybridized carbons (Fsp3) is 0.106. The highest BCUT2D eigenvalue weighted by Gasteiger charge is 2.35. The van der Waals surface area contributed by atoms with Gasteiger partial charge in [0.2, 0.25) is 0 Å². The van der Waals surface area contributed by atoms with Crippen molar-refractivity contribution >= 4 is 90.6 Å². The zero-order valence-corrected chi connectivity index (χ0v) is 87.2. The Hall–Kier alpha value is -15.8. The minimum atomic E-state index is -0.122. The fourth-order valence-corrected chi connectivity index (χ4v) is 25.2. The lowest BCUT2D eigenvalue weighted by Gasteiger charge is -2.39. The Morgan fingerprint density at radius 1 is 0.236 bits per heavy atom. The molecule has 0 unspecified atom stereocenters. The van der Waals surface area contributed by atoms with Gasteiger partial charge in [0.15, 0.2) is 0 Å². The first-order valence-corrected chi connectivity index (χ1v) is 54.5. The van der Waals surface area contributed by atoms with E-state index in [4.69, 9.17) is 4.74 Å². The van der Waals surface area contributed by atoms with Crippen LogP contribution < -0.4 is 25.2 Å². The first-order valence-electron chi connectivity index (χ1n) is 51.4.